The van der Waals surface area contributed by atoms with Crippen molar-refractivity contribution >= 4 is 23.6 Å². The third-order valence-electron chi connectivity index (χ3n) is 19.3. The van der Waals surface area contributed by atoms with Crippen LogP contribution in [-0.2, 0) is 78.4 Å². The average Bonchev–Trinajstić information content (AvgIpc) is 1.15. The maximum atomic E-state index is 13.1. The van der Waals surface area contributed by atoms with E-state index in [2.05, 4.69) is 19.7 Å². The van der Waals surface area contributed by atoms with Gasteiger partial charge in [0, 0.05) is 139 Å². The molecule has 532 valence electrons. The van der Waals surface area contributed by atoms with E-state index in [4.69, 9.17) is 4.42 Å². The Kier molecular flexibility index (Phi) is 23.1. The van der Waals surface area contributed by atoms with E-state index >= 15 is 0 Å². The molecule has 4 aromatic carbocycles. The number of carbonyl (C=O) groups is 4. The molecule has 0 fully saturated rings. The molecule has 8 aromatic rings. The van der Waals surface area contributed by atoms with Crippen LogP contribution in [0.25, 0.3) is 0 Å². The molecule has 102 heavy (non-hydrogen) atoms. The van der Waals surface area contributed by atoms with Gasteiger partial charge in [-0.1, -0.05) is 87.0 Å². The molecule has 19 nitrogen and oxygen atoms in total. The maximum Gasteiger partial charge on any atom is 0.261 e. The molecule has 0 radical (unpaired) electrons. The number of pyridine rings is 3. The number of benzene rings is 4. The fourth-order valence-corrected chi connectivity index (χ4v) is 13.8. The lowest BCUT2D eigenvalue weighted by molar-refractivity contribution is 0.0707. The van der Waals surface area contributed by atoms with E-state index in [0.717, 1.165) is 53.8 Å². The van der Waals surface area contributed by atoms with E-state index in [1.807, 2.05) is 23.0 Å². The third-order valence-corrected chi connectivity index (χ3v) is 19.3. The fraction of sp³-hybridized carbons (Fsp3) is 0.316. The molecule has 13 rings (SSSR count). The van der Waals surface area contributed by atoms with Crippen molar-refractivity contribution in [3.63, 3.8) is 0 Å². The molecule has 4 aromatic heterocycles. The molecule has 0 saturated heterocycles. The van der Waals surface area contributed by atoms with Crippen LogP contribution in [0.5, 0.6) is 17.2 Å². The molecule has 0 bridgehead atoms. The van der Waals surface area contributed by atoms with Gasteiger partial charge in [0.2, 0.25) is 21.7 Å². The van der Waals surface area contributed by atoms with Crippen molar-refractivity contribution in [2.75, 3.05) is 26.2 Å². The van der Waals surface area contributed by atoms with Crippen molar-refractivity contribution in [1.29, 1.82) is 0 Å². The van der Waals surface area contributed by atoms with Crippen molar-refractivity contribution in [1.82, 2.24) is 33.3 Å². The van der Waals surface area contributed by atoms with E-state index in [9.17, 15) is 71.2 Å². The number of fused-ring (bicyclic) bond motifs is 6. The van der Waals surface area contributed by atoms with Gasteiger partial charge in [-0.05, 0) is 97.0 Å². The first-order valence-electron chi connectivity index (χ1n) is 33.9. The summed E-state index contributed by atoms with van der Waals surface area (Å²) in [5, 5.41) is 31.4. The topological polar surface area (TPSA) is 238 Å². The predicted molar refractivity (Wildman–Crippen MR) is 377 cm³/mol. The summed E-state index contributed by atoms with van der Waals surface area (Å²) in [5.74, 6) is -3.61. The summed E-state index contributed by atoms with van der Waals surface area (Å²) >= 11 is 0. The van der Waals surface area contributed by atoms with Gasteiger partial charge in [0.1, 0.15) is 51.3 Å². The molecule has 4 amide bonds. The van der Waals surface area contributed by atoms with Gasteiger partial charge in [-0.3, -0.25) is 38.4 Å². The largest absolute Gasteiger partial charge is 0.503 e. The normalized spacial score (nSPS) is 15.5. The molecule has 2 unspecified atom stereocenters. The highest BCUT2D eigenvalue weighted by molar-refractivity contribution is 5.98. The lowest BCUT2D eigenvalue weighted by Crippen LogP contribution is -2.42. The predicted octanol–water partition coefficient (Wildman–Crippen LogP) is 11.4. The number of aromatic hydroxyl groups is 3. The Hall–Kier alpha value is -11.1. The lowest BCUT2D eigenvalue weighted by atomic mass is 9.96. The number of hydrogen-bond donors (Lipinski definition) is 3. The second-order valence-electron chi connectivity index (χ2n) is 26.0. The van der Waals surface area contributed by atoms with E-state index in [0.29, 0.717) is 124 Å². The summed E-state index contributed by atoms with van der Waals surface area (Å²) in [6.07, 6.45) is 12.4. The zero-order valence-corrected chi connectivity index (χ0v) is 57.4. The maximum absolute atomic E-state index is 13.1. The smallest absolute Gasteiger partial charge is 0.261 e. The Morgan fingerprint density at radius 1 is 0.520 bits per heavy atom. The lowest BCUT2D eigenvalue weighted by Gasteiger charge is -2.32. The van der Waals surface area contributed by atoms with Crippen LogP contribution in [0.4, 0.5) is 17.6 Å². The summed E-state index contributed by atoms with van der Waals surface area (Å²) in [6.45, 7) is 21.0. The van der Waals surface area contributed by atoms with E-state index in [-0.39, 0.29) is 93.4 Å². The molecule has 2 atom stereocenters. The van der Waals surface area contributed by atoms with Crippen LogP contribution < -0.4 is 21.7 Å². The Labute approximate surface area is 586 Å². The monoisotopic (exact) mass is 1400 g/mol. The SMILES string of the molecule is C=CCCn1c2c(c(=O)c(O)c1C(C)C=C)C(=O)N(Cc1ccc(F)cc1)CC2.C=CCc1c(O)c(=O)c2c(n1C)CCN(Cc1ccc(F)cc1)C2=O.CC1CCCCn2c3c(c(=O)c(O)c21)C(=O)N(Cc1ccc(F)cc1)CC3.Cc1coc2c(c1=O)C(=O)N(Cc1ccc(F)cc1)CC2. The zero-order chi connectivity index (χ0) is 73.4. The number of hydrogen-bond acceptors (Lipinski definition) is 12. The van der Waals surface area contributed by atoms with Gasteiger partial charge in [0.25, 0.3) is 23.6 Å². The van der Waals surface area contributed by atoms with Crippen LogP contribution in [0.1, 0.15) is 161 Å². The number of halogens is 4. The van der Waals surface area contributed by atoms with Crippen LogP contribution in [0.3, 0.4) is 0 Å². The summed E-state index contributed by atoms with van der Waals surface area (Å²) in [7, 11) is 1.74. The number of allylic oxidation sites excluding steroid dienone is 3. The molecule has 0 spiro atoms. The molecule has 23 heteroatoms. The van der Waals surface area contributed by atoms with Crippen LogP contribution in [0, 0.1) is 30.2 Å². The van der Waals surface area contributed by atoms with Crippen molar-refractivity contribution in [3.05, 3.63) is 295 Å². The number of carbonyl (C=O) groups excluding carboxylic acids is 4. The Balaban J connectivity index is 0.000000147. The van der Waals surface area contributed by atoms with Gasteiger partial charge in [0.05, 0.1) is 23.3 Å². The summed E-state index contributed by atoms with van der Waals surface area (Å²) in [6, 6.07) is 23.8. The molecular weight excluding hydrogens is 1310 g/mol. The van der Waals surface area contributed by atoms with Crippen LogP contribution >= 0.6 is 0 Å². The highest BCUT2D eigenvalue weighted by Gasteiger charge is 2.37. The van der Waals surface area contributed by atoms with Gasteiger partial charge in [0.15, 0.2) is 17.2 Å². The molecular formula is C79H81F4N7O12. The second-order valence-corrected chi connectivity index (χ2v) is 26.0. The second kappa shape index (κ2) is 32.0. The summed E-state index contributed by atoms with van der Waals surface area (Å²) < 4.78 is 63.1. The Morgan fingerprint density at radius 2 is 0.931 bits per heavy atom. The molecule has 0 saturated carbocycles. The zero-order valence-electron chi connectivity index (χ0n) is 57.4. The minimum absolute atomic E-state index is 0.0138. The van der Waals surface area contributed by atoms with Crippen LogP contribution in [-0.4, -0.2) is 98.4 Å². The number of rotatable bonds is 15. The Bertz CT molecular complexity index is 4810. The number of nitrogens with zero attached hydrogens (tertiary/aromatic N) is 7. The number of amides is 4. The fourth-order valence-electron chi connectivity index (χ4n) is 13.8. The van der Waals surface area contributed by atoms with Crippen LogP contribution in [0.2, 0.25) is 0 Å². The average molecular weight is 1400 g/mol. The molecule has 0 aliphatic carbocycles. The summed E-state index contributed by atoms with van der Waals surface area (Å²) in [4.78, 5) is 108. The van der Waals surface area contributed by atoms with Gasteiger partial charge < -0.3 is 53.0 Å². The number of aromatic nitrogens is 3. The summed E-state index contributed by atoms with van der Waals surface area (Å²) in [5.41, 5.74) is 5.37. The molecule has 5 aliphatic rings. The van der Waals surface area contributed by atoms with Gasteiger partial charge in [-0.2, -0.15) is 0 Å². The quantitative estimate of drug-likeness (QED) is 0.0642. The van der Waals surface area contributed by atoms with Gasteiger partial charge in [-0.25, -0.2) is 17.6 Å². The van der Waals surface area contributed by atoms with Gasteiger partial charge >= 0.3 is 0 Å². The van der Waals surface area contributed by atoms with Gasteiger partial charge in [-0.15, -0.1) is 19.7 Å². The van der Waals surface area contributed by atoms with Crippen molar-refractivity contribution < 1.29 is 56.5 Å². The Morgan fingerprint density at radius 3 is 1.39 bits per heavy atom. The van der Waals surface area contributed by atoms with E-state index in [1.54, 1.807) is 105 Å². The highest BCUT2D eigenvalue weighted by Crippen LogP contribution is 2.35. The highest BCUT2D eigenvalue weighted by atomic mass is 19.1. The van der Waals surface area contributed by atoms with E-state index < -0.39 is 39.6 Å². The first-order valence-corrected chi connectivity index (χ1v) is 33.9. The van der Waals surface area contributed by atoms with Crippen molar-refractivity contribution in [3.8, 4) is 17.2 Å². The minimum atomic E-state index is -0.646. The minimum Gasteiger partial charge on any atom is -0.503 e. The molecule has 5 aliphatic heterocycles. The number of aryl methyl sites for hydroxylation is 1. The van der Waals surface area contributed by atoms with E-state index in [1.165, 1.54) is 54.8 Å². The third kappa shape index (κ3) is 15.6. The molecule has 9 heterocycles. The first kappa shape index (κ1) is 73.6. The first-order chi connectivity index (χ1) is 48.8. The van der Waals surface area contributed by atoms with Crippen molar-refractivity contribution in [2.45, 2.75) is 130 Å². The van der Waals surface area contributed by atoms with Crippen molar-refractivity contribution in [2.24, 2.45) is 7.05 Å². The molecule has 3 N–H and O–H groups in total. The van der Waals surface area contributed by atoms with Crippen LogP contribution in [0.15, 0.2) is 165 Å². The standard InChI is InChI=1S/C23H25FN2O3.C21H23FN2O3.C19H19FN2O3.C16H14FNO3/c1-4-6-12-26-18-11-13-25(14-16-7-9-17(24)10-8-16)23(29)19(18)21(27)22(28)20(26)15(3)5-2;1-13-4-2-3-10-24-16-9-11-23(12-14-5-7-15(22)8-6-14)21(27)17(16)19(25)20(26)18(13)24;1-3-4-15-17(23)18(24)16-14(21(15)2)9-10-22(19(16)25)11-12-5-7-13(20)8-6-12;1-10-9-21-13-6-7-18(16(20)14(13)15(10)19)8-11-2-4-12(17)5-3-11/h4-5,7-10,15,28H,1-2,6,11-14H2,3H3;5-8,13,26H,2-4,9-12H2,1H3;3,5-8,23H,1,4,9-11H2,2H3;2-5,9H,6-8H2,1H3.